The smallest absolute Gasteiger partial charge is 0.243 e. The Morgan fingerprint density at radius 1 is 1.04 bits per heavy atom. The van der Waals surface area contributed by atoms with Gasteiger partial charge in [-0.05, 0) is 42.5 Å². The van der Waals surface area contributed by atoms with Crippen LogP contribution < -0.4 is 0 Å². The number of halogens is 1. The molecule has 6 heteroatoms. The van der Waals surface area contributed by atoms with Crippen LogP contribution in [-0.2, 0) is 14.4 Å². The number of hydrogen-bond donors (Lipinski definition) is 0. The predicted octanol–water partition coefficient (Wildman–Crippen LogP) is 2.62. The van der Waals surface area contributed by atoms with Gasteiger partial charge in [-0.15, -0.1) is 0 Å². The number of carbonyl (C=O) groups is 3. The van der Waals surface area contributed by atoms with Crippen LogP contribution in [0.1, 0.15) is 37.7 Å². The Bertz CT molecular complexity index is 778. The lowest BCUT2D eigenvalue weighted by molar-refractivity contribution is -0.146. The van der Waals surface area contributed by atoms with Crippen molar-refractivity contribution in [3.8, 4) is 0 Å². The lowest BCUT2D eigenvalue weighted by Gasteiger charge is -2.28. The first kappa shape index (κ1) is 17.9. The van der Waals surface area contributed by atoms with Gasteiger partial charge in [0.15, 0.2) is 0 Å². The van der Waals surface area contributed by atoms with Crippen LogP contribution in [0.2, 0.25) is 0 Å². The molecule has 1 saturated heterocycles. The van der Waals surface area contributed by atoms with E-state index in [1.807, 2.05) is 6.08 Å². The van der Waals surface area contributed by atoms with Crippen LogP contribution in [0.3, 0.4) is 0 Å². The molecule has 3 aliphatic rings. The van der Waals surface area contributed by atoms with Gasteiger partial charge in [0.25, 0.3) is 0 Å². The van der Waals surface area contributed by atoms with Gasteiger partial charge in [0.1, 0.15) is 12.4 Å². The summed E-state index contributed by atoms with van der Waals surface area (Å²) in [5, 5.41) is 0. The number of fused-ring (bicyclic) bond motifs is 1. The number of likely N-dealkylation sites (tertiary alicyclic amines) is 1. The second-order valence-corrected chi connectivity index (χ2v) is 7.59. The molecule has 2 aliphatic heterocycles. The van der Waals surface area contributed by atoms with Crippen LogP contribution >= 0.6 is 0 Å². The molecule has 0 aromatic heterocycles. The van der Waals surface area contributed by atoms with Crippen LogP contribution in [0.4, 0.5) is 4.39 Å². The molecule has 2 fully saturated rings. The van der Waals surface area contributed by atoms with Crippen molar-refractivity contribution in [2.45, 2.75) is 32.1 Å². The summed E-state index contributed by atoms with van der Waals surface area (Å²) in [7, 11) is 0. The van der Waals surface area contributed by atoms with Crippen molar-refractivity contribution in [2.75, 3.05) is 19.6 Å². The standard InChI is InChI=1S/C21H23FN2O3/c22-16-7-5-14(6-8-16)15-9-11-23(12-10-15)19(25)13-24-20(26)17-3-1-2-4-18(17)21(24)27/h5-9,17-18H,1-4,10-13H2/t17-,18-/m0/s1. The fourth-order valence-corrected chi connectivity index (χ4v) is 4.44. The van der Waals surface area contributed by atoms with Crippen LogP contribution in [0.25, 0.3) is 5.57 Å². The quantitative estimate of drug-likeness (QED) is 0.769. The zero-order valence-corrected chi connectivity index (χ0v) is 15.2. The summed E-state index contributed by atoms with van der Waals surface area (Å²) in [6.07, 6.45) is 6.10. The molecule has 0 bridgehead atoms. The minimum atomic E-state index is -0.271. The van der Waals surface area contributed by atoms with Crippen molar-refractivity contribution in [2.24, 2.45) is 11.8 Å². The van der Waals surface area contributed by atoms with Gasteiger partial charge in [0.2, 0.25) is 17.7 Å². The van der Waals surface area contributed by atoms with Crippen LogP contribution in [0.5, 0.6) is 0 Å². The topological polar surface area (TPSA) is 57.7 Å². The van der Waals surface area contributed by atoms with E-state index in [9.17, 15) is 18.8 Å². The third kappa shape index (κ3) is 3.40. The van der Waals surface area contributed by atoms with E-state index < -0.39 is 0 Å². The summed E-state index contributed by atoms with van der Waals surface area (Å²) in [6, 6.07) is 6.33. The van der Waals surface area contributed by atoms with E-state index in [-0.39, 0.29) is 41.9 Å². The number of amides is 3. The van der Waals surface area contributed by atoms with Gasteiger partial charge in [-0.3, -0.25) is 19.3 Å². The number of hydrogen-bond acceptors (Lipinski definition) is 3. The van der Waals surface area contributed by atoms with Gasteiger partial charge in [-0.25, -0.2) is 4.39 Å². The molecule has 1 aromatic rings. The van der Waals surface area contributed by atoms with Gasteiger partial charge in [-0.1, -0.05) is 31.1 Å². The number of rotatable bonds is 3. The average Bonchev–Trinajstić information content (AvgIpc) is 2.94. The highest BCUT2D eigenvalue weighted by Gasteiger charge is 2.48. The van der Waals surface area contributed by atoms with E-state index in [1.165, 1.54) is 17.0 Å². The minimum Gasteiger partial charge on any atom is -0.337 e. The zero-order chi connectivity index (χ0) is 19.0. The summed E-state index contributed by atoms with van der Waals surface area (Å²) in [6.45, 7) is 0.824. The fourth-order valence-electron chi connectivity index (χ4n) is 4.44. The van der Waals surface area contributed by atoms with Crippen molar-refractivity contribution in [1.29, 1.82) is 0 Å². The highest BCUT2D eigenvalue weighted by molar-refractivity contribution is 6.07. The minimum absolute atomic E-state index is 0.148. The summed E-state index contributed by atoms with van der Waals surface area (Å²) in [4.78, 5) is 40.5. The Morgan fingerprint density at radius 3 is 2.22 bits per heavy atom. The van der Waals surface area contributed by atoms with E-state index in [0.29, 0.717) is 19.5 Å². The first-order chi connectivity index (χ1) is 13.0. The third-order valence-corrected chi connectivity index (χ3v) is 6.00. The Morgan fingerprint density at radius 2 is 1.67 bits per heavy atom. The van der Waals surface area contributed by atoms with Crippen molar-refractivity contribution < 1.29 is 18.8 Å². The Kier molecular flexibility index (Phi) is 4.81. The van der Waals surface area contributed by atoms with Crippen molar-refractivity contribution >= 4 is 23.3 Å². The maximum atomic E-state index is 13.1. The number of nitrogens with zero attached hydrogens (tertiary/aromatic N) is 2. The average molecular weight is 370 g/mol. The van der Waals surface area contributed by atoms with Gasteiger partial charge in [0.05, 0.1) is 11.8 Å². The van der Waals surface area contributed by atoms with E-state index in [2.05, 4.69) is 0 Å². The molecular formula is C21H23FN2O3. The first-order valence-electron chi connectivity index (χ1n) is 9.62. The van der Waals surface area contributed by atoms with Crippen molar-refractivity contribution in [3.63, 3.8) is 0 Å². The maximum absolute atomic E-state index is 13.1. The van der Waals surface area contributed by atoms with E-state index >= 15 is 0 Å². The Hall–Kier alpha value is -2.50. The lowest BCUT2D eigenvalue weighted by Crippen LogP contribution is -2.44. The number of benzene rings is 1. The first-order valence-corrected chi connectivity index (χ1v) is 9.62. The molecular weight excluding hydrogens is 347 g/mol. The molecule has 0 unspecified atom stereocenters. The molecule has 4 rings (SSSR count). The van der Waals surface area contributed by atoms with Crippen LogP contribution in [-0.4, -0.2) is 47.2 Å². The summed E-state index contributed by atoms with van der Waals surface area (Å²) in [5.41, 5.74) is 2.04. The fraction of sp³-hybridized carbons (Fsp3) is 0.476. The molecule has 27 heavy (non-hydrogen) atoms. The summed E-state index contributed by atoms with van der Waals surface area (Å²) in [5.74, 6) is -1.23. The number of carbonyl (C=O) groups excluding carboxylic acids is 3. The van der Waals surface area contributed by atoms with E-state index in [1.54, 1.807) is 17.0 Å². The van der Waals surface area contributed by atoms with Crippen molar-refractivity contribution in [3.05, 3.63) is 41.7 Å². The maximum Gasteiger partial charge on any atom is 0.243 e. The molecule has 0 spiro atoms. The molecule has 2 atom stereocenters. The molecule has 0 radical (unpaired) electrons. The van der Waals surface area contributed by atoms with Crippen LogP contribution in [0, 0.1) is 17.7 Å². The normalized spacial score (nSPS) is 25.4. The molecule has 1 aliphatic carbocycles. The third-order valence-electron chi connectivity index (χ3n) is 6.00. The van der Waals surface area contributed by atoms with Crippen molar-refractivity contribution in [1.82, 2.24) is 9.80 Å². The second kappa shape index (κ2) is 7.25. The Labute approximate surface area is 157 Å². The van der Waals surface area contributed by atoms with Gasteiger partial charge < -0.3 is 4.90 Å². The molecule has 0 N–H and O–H groups in total. The summed E-state index contributed by atoms with van der Waals surface area (Å²) < 4.78 is 13.1. The molecule has 3 amide bonds. The van der Waals surface area contributed by atoms with Crippen LogP contribution in [0.15, 0.2) is 30.3 Å². The van der Waals surface area contributed by atoms with E-state index in [0.717, 1.165) is 36.8 Å². The number of imide groups is 1. The molecule has 142 valence electrons. The molecule has 1 aromatic carbocycles. The molecule has 1 saturated carbocycles. The van der Waals surface area contributed by atoms with Gasteiger partial charge >= 0.3 is 0 Å². The lowest BCUT2D eigenvalue weighted by atomic mass is 9.81. The predicted molar refractivity (Wildman–Crippen MR) is 97.7 cm³/mol. The molecule has 2 heterocycles. The second-order valence-electron chi connectivity index (χ2n) is 7.59. The summed E-state index contributed by atoms with van der Waals surface area (Å²) >= 11 is 0. The highest BCUT2D eigenvalue weighted by Crippen LogP contribution is 2.38. The largest absolute Gasteiger partial charge is 0.337 e. The highest BCUT2D eigenvalue weighted by atomic mass is 19.1. The van der Waals surface area contributed by atoms with Gasteiger partial charge in [0, 0.05) is 13.1 Å². The zero-order valence-electron chi connectivity index (χ0n) is 15.2. The molecule has 5 nitrogen and oxygen atoms in total. The van der Waals surface area contributed by atoms with E-state index in [4.69, 9.17) is 0 Å². The monoisotopic (exact) mass is 370 g/mol. The SMILES string of the molecule is O=C(CN1C(=O)[C@H]2CCCC[C@@H]2C1=O)N1CC=C(c2ccc(F)cc2)CC1. The Balaban J connectivity index is 1.39. The van der Waals surface area contributed by atoms with Gasteiger partial charge in [-0.2, -0.15) is 0 Å².